The van der Waals surface area contributed by atoms with E-state index in [-0.39, 0.29) is 7.92 Å². The number of ether oxygens (including phenoxy) is 1. The van der Waals surface area contributed by atoms with Gasteiger partial charge in [-0.3, -0.25) is 0 Å². The molecular weight excluding hydrogens is 311 g/mol. The highest BCUT2D eigenvalue weighted by atomic mass is 31.1. The lowest BCUT2D eigenvalue weighted by molar-refractivity contribution is 0.285. The highest BCUT2D eigenvalue weighted by Gasteiger charge is 2.43. The van der Waals surface area contributed by atoms with Gasteiger partial charge in [0, 0.05) is 5.30 Å². The van der Waals surface area contributed by atoms with Gasteiger partial charge in [0.2, 0.25) is 0 Å². The Labute approximate surface area is 151 Å². The van der Waals surface area contributed by atoms with Crippen LogP contribution in [-0.4, -0.2) is 18.4 Å². The van der Waals surface area contributed by atoms with E-state index in [4.69, 9.17) is 4.74 Å². The minimum absolute atomic E-state index is 0.189. The van der Waals surface area contributed by atoms with E-state index in [1.807, 2.05) is 7.11 Å². The summed E-state index contributed by atoms with van der Waals surface area (Å²) in [6.07, 6.45) is 4.10. The molecule has 1 heterocycles. The van der Waals surface area contributed by atoms with Crippen molar-refractivity contribution in [3.8, 4) is 5.75 Å². The molecule has 24 heavy (non-hydrogen) atoms. The van der Waals surface area contributed by atoms with Crippen molar-refractivity contribution >= 4 is 13.2 Å². The minimum Gasteiger partial charge on any atom is -0.496 e. The average molecular weight is 349 g/mol. The molecule has 0 amide bonds. The van der Waals surface area contributed by atoms with Crippen LogP contribution in [0.15, 0.2) is 24.3 Å². The summed E-state index contributed by atoms with van der Waals surface area (Å²) in [4.78, 5) is 0. The van der Waals surface area contributed by atoms with Crippen LogP contribution in [0, 0.1) is 23.7 Å². The molecule has 1 fully saturated rings. The molecule has 2 heteroatoms. The predicted octanol–water partition coefficient (Wildman–Crippen LogP) is 6.31. The molecule has 0 saturated carbocycles. The number of hydrogen-bond acceptors (Lipinski definition) is 1. The van der Waals surface area contributed by atoms with E-state index in [1.165, 1.54) is 24.6 Å². The van der Waals surface area contributed by atoms with Crippen LogP contribution in [0.1, 0.15) is 60.8 Å². The lowest BCUT2D eigenvalue weighted by Gasteiger charge is -2.48. The molecule has 1 aliphatic heterocycles. The van der Waals surface area contributed by atoms with Gasteiger partial charge in [0.05, 0.1) is 7.11 Å². The third kappa shape index (κ3) is 3.98. The van der Waals surface area contributed by atoms with Gasteiger partial charge in [-0.15, -0.1) is 0 Å². The Morgan fingerprint density at radius 3 is 2.29 bits per heavy atom. The molecule has 2 rings (SSSR count). The van der Waals surface area contributed by atoms with Crippen molar-refractivity contribution in [1.82, 2.24) is 0 Å². The van der Waals surface area contributed by atoms with Crippen molar-refractivity contribution in [1.29, 1.82) is 0 Å². The van der Waals surface area contributed by atoms with Crippen molar-refractivity contribution in [3.05, 3.63) is 24.3 Å². The van der Waals surface area contributed by atoms with Gasteiger partial charge in [0.25, 0.3) is 0 Å². The van der Waals surface area contributed by atoms with Gasteiger partial charge in [0.15, 0.2) is 0 Å². The maximum atomic E-state index is 5.79. The number of para-hydroxylation sites is 1. The van der Waals surface area contributed by atoms with E-state index < -0.39 is 0 Å². The van der Waals surface area contributed by atoms with E-state index in [0.29, 0.717) is 0 Å². The molecule has 136 valence electrons. The molecule has 0 radical (unpaired) electrons. The van der Waals surface area contributed by atoms with Crippen molar-refractivity contribution in [2.24, 2.45) is 23.7 Å². The smallest absolute Gasteiger partial charge is 0.126 e. The molecule has 0 aliphatic carbocycles. The van der Waals surface area contributed by atoms with Gasteiger partial charge >= 0.3 is 0 Å². The van der Waals surface area contributed by atoms with Crippen LogP contribution in [0.4, 0.5) is 0 Å². The number of benzene rings is 1. The van der Waals surface area contributed by atoms with E-state index in [9.17, 15) is 0 Å². The van der Waals surface area contributed by atoms with Crippen molar-refractivity contribution < 1.29 is 4.74 Å². The summed E-state index contributed by atoms with van der Waals surface area (Å²) in [6, 6.07) is 8.85. The summed E-state index contributed by atoms with van der Waals surface area (Å²) in [5, 5.41) is 1.52. The third-order valence-electron chi connectivity index (χ3n) is 6.30. The van der Waals surface area contributed by atoms with Gasteiger partial charge in [-0.25, -0.2) is 0 Å². The second kappa shape index (κ2) is 8.70. The maximum Gasteiger partial charge on any atom is 0.126 e. The second-order valence-electron chi connectivity index (χ2n) is 8.21. The molecule has 0 bridgehead atoms. The van der Waals surface area contributed by atoms with Crippen LogP contribution in [-0.2, 0) is 0 Å². The second-order valence-corrected chi connectivity index (χ2v) is 10.8. The van der Waals surface area contributed by atoms with Gasteiger partial charge < -0.3 is 4.74 Å². The summed E-state index contributed by atoms with van der Waals surface area (Å²) >= 11 is 0. The van der Waals surface area contributed by atoms with Crippen LogP contribution in [0.5, 0.6) is 5.75 Å². The Morgan fingerprint density at radius 1 is 1.08 bits per heavy atom. The molecule has 1 nitrogen and oxygen atoms in total. The topological polar surface area (TPSA) is 9.23 Å². The largest absolute Gasteiger partial charge is 0.496 e. The van der Waals surface area contributed by atoms with E-state index >= 15 is 0 Å². The van der Waals surface area contributed by atoms with E-state index in [0.717, 1.165) is 40.7 Å². The summed E-state index contributed by atoms with van der Waals surface area (Å²) < 4.78 is 5.79. The standard InChI is InChI=1S/C22H37OP/c1-8-20-18(16(4)5)13-14-21(17(6)15(2)3)24(20)22-12-10-9-11-19(22)23-7/h9-12,15-18,20-21H,8,13-14H2,1-7H3. The van der Waals surface area contributed by atoms with Crippen LogP contribution in [0.3, 0.4) is 0 Å². The van der Waals surface area contributed by atoms with Gasteiger partial charge in [-0.05, 0) is 60.3 Å². The van der Waals surface area contributed by atoms with Crippen molar-refractivity contribution in [2.75, 3.05) is 7.11 Å². The number of rotatable bonds is 6. The Kier molecular flexibility index (Phi) is 7.17. The van der Waals surface area contributed by atoms with Crippen LogP contribution in [0.25, 0.3) is 0 Å². The molecule has 0 N–H and O–H groups in total. The Bertz CT molecular complexity index is 508. The summed E-state index contributed by atoms with van der Waals surface area (Å²) in [5.74, 6) is 4.30. The molecule has 1 saturated heterocycles. The zero-order chi connectivity index (χ0) is 17.9. The molecule has 1 aliphatic rings. The highest BCUT2D eigenvalue weighted by Crippen LogP contribution is 2.61. The van der Waals surface area contributed by atoms with E-state index in [1.54, 1.807) is 0 Å². The molecule has 5 atom stereocenters. The minimum atomic E-state index is -0.189. The molecule has 0 aromatic heterocycles. The zero-order valence-corrected chi connectivity index (χ0v) is 17.6. The first kappa shape index (κ1) is 19.8. The van der Waals surface area contributed by atoms with Crippen LogP contribution < -0.4 is 10.0 Å². The van der Waals surface area contributed by atoms with Crippen molar-refractivity contribution in [3.63, 3.8) is 0 Å². The first-order valence-electron chi connectivity index (χ1n) is 9.83. The van der Waals surface area contributed by atoms with Crippen molar-refractivity contribution in [2.45, 2.75) is 72.1 Å². The molecule has 0 spiro atoms. The average Bonchev–Trinajstić information content (AvgIpc) is 2.59. The number of methoxy groups -OCH3 is 1. The van der Waals surface area contributed by atoms with Gasteiger partial charge in [-0.2, -0.15) is 0 Å². The SMILES string of the molecule is CCC1C(C(C)C)CCC(C(C)C(C)C)P1c1ccccc1OC. The summed E-state index contributed by atoms with van der Waals surface area (Å²) in [7, 11) is 1.64. The zero-order valence-electron chi connectivity index (χ0n) is 16.8. The normalized spacial score (nSPS) is 29.0. The predicted molar refractivity (Wildman–Crippen MR) is 109 cm³/mol. The van der Waals surface area contributed by atoms with Gasteiger partial charge in [0.1, 0.15) is 5.75 Å². The first-order chi connectivity index (χ1) is 11.4. The summed E-state index contributed by atoms with van der Waals surface area (Å²) in [5.41, 5.74) is 1.66. The first-order valence-corrected chi connectivity index (χ1v) is 11.3. The highest BCUT2D eigenvalue weighted by molar-refractivity contribution is 7.67. The fourth-order valence-corrected chi connectivity index (χ4v) is 9.05. The van der Waals surface area contributed by atoms with Gasteiger partial charge in [-0.1, -0.05) is 67.7 Å². The number of hydrogen-bond donors (Lipinski definition) is 0. The Morgan fingerprint density at radius 2 is 1.75 bits per heavy atom. The van der Waals surface area contributed by atoms with E-state index in [2.05, 4.69) is 65.8 Å². The molecular formula is C22H37OP. The molecule has 5 unspecified atom stereocenters. The summed E-state index contributed by atoms with van der Waals surface area (Å²) in [6.45, 7) is 14.5. The maximum absolute atomic E-state index is 5.79. The Hall–Kier alpha value is -0.550. The quantitative estimate of drug-likeness (QED) is 0.548. The lowest BCUT2D eigenvalue weighted by atomic mass is 9.83. The fraction of sp³-hybridized carbons (Fsp3) is 0.727. The monoisotopic (exact) mass is 348 g/mol. The van der Waals surface area contributed by atoms with Crippen LogP contribution >= 0.6 is 7.92 Å². The molecule has 1 aromatic rings. The van der Waals surface area contributed by atoms with Crippen LogP contribution in [0.2, 0.25) is 0 Å². The lowest BCUT2D eigenvalue weighted by Crippen LogP contribution is -2.39. The Balaban J connectivity index is 2.49. The fourth-order valence-electron chi connectivity index (χ4n) is 4.58. The third-order valence-corrected chi connectivity index (χ3v) is 10.1. The molecule has 1 aromatic carbocycles.